The fourth-order valence-corrected chi connectivity index (χ4v) is 10.5. The first-order valence-electron chi connectivity index (χ1n) is 12.0. The van der Waals surface area contributed by atoms with Gasteiger partial charge < -0.3 is 4.74 Å². The number of halogens is 9. The van der Waals surface area contributed by atoms with Crippen LogP contribution >= 0.6 is 10.3 Å². The van der Waals surface area contributed by atoms with E-state index in [9.17, 15) is 47.9 Å². The van der Waals surface area contributed by atoms with Crippen molar-refractivity contribution in [2.45, 2.75) is 66.7 Å². The fourth-order valence-electron chi connectivity index (χ4n) is 4.76. The SMILES string of the molecule is O=S(=O)(OS1(c2ccc3cc(OCC4CCCC4)ccc3c2)CCCC1)C(F)(F)C(F)(F)C(F)(F)C(F)(F)F. The first-order valence-corrected chi connectivity index (χ1v) is 15.4. The van der Waals surface area contributed by atoms with E-state index in [2.05, 4.69) is 3.63 Å². The van der Waals surface area contributed by atoms with Gasteiger partial charge in [-0.1, -0.05) is 35.3 Å². The van der Waals surface area contributed by atoms with Gasteiger partial charge in [0, 0.05) is 16.4 Å². The minimum atomic E-state index is -7.35. The first-order chi connectivity index (χ1) is 17.9. The molecule has 39 heavy (non-hydrogen) atoms. The molecule has 0 N–H and O–H groups in total. The molecule has 1 saturated carbocycles. The average molecular weight is 613 g/mol. The molecule has 4 nitrogen and oxygen atoms in total. The summed E-state index contributed by atoms with van der Waals surface area (Å²) in [6, 6.07) is 9.24. The van der Waals surface area contributed by atoms with E-state index in [1.54, 1.807) is 18.2 Å². The van der Waals surface area contributed by atoms with Crippen molar-refractivity contribution >= 4 is 31.2 Å². The zero-order valence-electron chi connectivity index (χ0n) is 20.3. The summed E-state index contributed by atoms with van der Waals surface area (Å²) in [4.78, 5) is 0.0531. The second kappa shape index (κ2) is 10.2. The summed E-state index contributed by atoms with van der Waals surface area (Å²) in [5.74, 6) is -14.1. The second-order valence-electron chi connectivity index (χ2n) is 9.74. The van der Waals surface area contributed by atoms with E-state index in [1.807, 2.05) is 0 Å². The molecule has 1 saturated heterocycles. The number of hydrogen-bond donors (Lipinski definition) is 0. The van der Waals surface area contributed by atoms with Crippen molar-refractivity contribution in [3.8, 4) is 5.75 Å². The topological polar surface area (TPSA) is 52.6 Å². The van der Waals surface area contributed by atoms with E-state index in [1.165, 1.54) is 18.2 Å². The molecule has 220 valence electrons. The Hall–Kier alpha value is -1.87. The zero-order valence-corrected chi connectivity index (χ0v) is 21.9. The monoisotopic (exact) mass is 612 g/mol. The Kier molecular flexibility index (Phi) is 7.87. The van der Waals surface area contributed by atoms with Gasteiger partial charge in [-0.15, -0.1) is 0 Å². The minimum absolute atomic E-state index is 0.0531. The lowest BCUT2D eigenvalue weighted by atomic mass is 10.1. The van der Waals surface area contributed by atoms with Gasteiger partial charge in [-0.25, -0.2) is 3.63 Å². The van der Waals surface area contributed by atoms with Crippen molar-refractivity contribution < 1.29 is 56.3 Å². The lowest BCUT2D eigenvalue weighted by molar-refractivity contribution is -0.382. The van der Waals surface area contributed by atoms with E-state index in [0.29, 0.717) is 29.0 Å². The molecule has 0 unspecified atom stereocenters. The number of alkyl halides is 9. The van der Waals surface area contributed by atoms with Gasteiger partial charge in [-0.05, 0) is 66.6 Å². The van der Waals surface area contributed by atoms with Gasteiger partial charge in [0.2, 0.25) is 0 Å². The maximum Gasteiger partial charge on any atom is 0.460 e. The van der Waals surface area contributed by atoms with Crippen LogP contribution in [-0.4, -0.2) is 49.8 Å². The lowest BCUT2D eigenvalue weighted by Gasteiger charge is -2.38. The Morgan fingerprint density at radius 3 is 1.92 bits per heavy atom. The molecule has 1 heterocycles. The normalized spacial score (nSPS) is 20.4. The molecule has 2 aromatic rings. The molecule has 15 heteroatoms. The largest absolute Gasteiger partial charge is 0.493 e. The third kappa shape index (κ3) is 5.30. The van der Waals surface area contributed by atoms with Crippen molar-refractivity contribution in [1.82, 2.24) is 0 Å². The molecule has 1 aliphatic heterocycles. The Morgan fingerprint density at radius 1 is 0.769 bits per heavy atom. The zero-order chi connectivity index (χ0) is 28.9. The Morgan fingerprint density at radius 2 is 1.33 bits per heavy atom. The Balaban J connectivity index is 1.63. The van der Waals surface area contributed by atoms with Gasteiger partial charge in [0.25, 0.3) is 0 Å². The number of benzene rings is 2. The van der Waals surface area contributed by atoms with Crippen LogP contribution in [0.25, 0.3) is 10.8 Å². The summed E-state index contributed by atoms with van der Waals surface area (Å²) in [7, 11) is -10.3. The fraction of sp³-hybridized carbons (Fsp3) is 0.583. The molecule has 0 spiro atoms. The molecule has 1 aliphatic carbocycles. The highest BCUT2D eigenvalue weighted by Crippen LogP contribution is 2.65. The highest BCUT2D eigenvalue weighted by Gasteiger charge is 2.86. The van der Waals surface area contributed by atoms with Crippen molar-refractivity contribution in [1.29, 1.82) is 0 Å². The number of fused-ring (bicyclic) bond motifs is 1. The van der Waals surface area contributed by atoms with Crippen LogP contribution in [0.3, 0.4) is 0 Å². The molecule has 0 aromatic heterocycles. The highest BCUT2D eigenvalue weighted by atomic mass is 32.3. The molecule has 2 aliphatic rings. The van der Waals surface area contributed by atoms with E-state index in [0.717, 1.165) is 25.7 Å². The van der Waals surface area contributed by atoms with Gasteiger partial charge in [-0.3, -0.25) is 0 Å². The van der Waals surface area contributed by atoms with Crippen LogP contribution in [0.2, 0.25) is 0 Å². The third-order valence-corrected chi connectivity index (χ3v) is 12.7. The summed E-state index contributed by atoms with van der Waals surface area (Å²) in [6.45, 7) is 0.536. The number of rotatable bonds is 9. The molecular formula is C24H25F9O4S2. The van der Waals surface area contributed by atoms with Crippen LogP contribution in [-0.2, 0) is 13.7 Å². The molecule has 0 radical (unpaired) electrons. The van der Waals surface area contributed by atoms with Gasteiger partial charge in [0.1, 0.15) is 5.75 Å². The van der Waals surface area contributed by atoms with Gasteiger partial charge in [0.15, 0.2) is 0 Å². The van der Waals surface area contributed by atoms with Crippen molar-refractivity contribution in [2.75, 3.05) is 18.1 Å². The van der Waals surface area contributed by atoms with Crippen LogP contribution in [0.5, 0.6) is 5.75 Å². The predicted molar refractivity (Wildman–Crippen MR) is 127 cm³/mol. The molecular weight excluding hydrogens is 587 g/mol. The molecule has 2 fully saturated rings. The molecule has 0 amide bonds. The van der Waals surface area contributed by atoms with Gasteiger partial charge in [-0.2, -0.15) is 47.9 Å². The standard InChI is InChI=1S/C24H25F9O4S2/c25-21(26,23(29,30)31)22(27,28)24(32,33)39(34,35)37-38(11-3-4-12-38)20-10-8-17-13-19(9-7-18(17)14-20)36-15-16-5-1-2-6-16/h7-10,13-14,16H,1-6,11-12,15H2. The molecule has 2 aromatic carbocycles. The minimum Gasteiger partial charge on any atom is -0.493 e. The van der Waals surface area contributed by atoms with Crippen molar-refractivity contribution in [2.24, 2.45) is 5.92 Å². The quantitative estimate of drug-likeness (QED) is 0.269. The van der Waals surface area contributed by atoms with Crippen LogP contribution < -0.4 is 4.74 Å². The van der Waals surface area contributed by atoms with Gasteiger partial charge >= 0.3 is 33.4 Å². The maximum atomic E-state index is 14.4. The Labute approximate surface area is 220 Å². The van der Waals surface area contributed by atoms with E-state index in [4.69, 9.17) is 4.74 Å². The van der Waals surface area contributed by atoms with Crippen LogP contribution in [0.4, 0.5) is 39.5 Å². The summed E-state index contributed by atoms with van der Waals surface area (Å²) in [5.41, 5.74) is 0. The van der Waals surface area contributed by atoms with Crippen molar-refractivity contribution in [3.05, 3.63) is 36.4 Å². The van der Waals surface area contributed by atoms with Crippen molar-refractivity contribution in [3.63, 3.8) is 0 Å². The Bertz CT molecular complexity index is 1300. The summed E-state index contributed by atoms with van der Waals surface area (Å²) < 4.78 is 156. The lowest BCUT2D eigenvalue weighted by Crippen LogP contribution is -2.63. The second-order valence-corrected chi connectivity index (χ2v) is 14.6. The number of hydrogen-bond acceptors (Lipinski definition) is 4. The van der Waals surface area contributed by atoms with E-state index < -0.39 is 43.7 Å². The molecule has 4 rings (SSSR count). The predicted octanol–water partition coefficient (Wildman–Crippen LogP) is 8.05. The third-order valence-electron chi connectivity index (χ3n) is 7.02. The molecule has 0 atom stereocenters. The van der Waals surface area contributed by atoms with Crippen LogP contribution in [0, 0.1) is 5.92 Å². The van der Waals surface area contributed by atoms with E-state index >= 15 is 0 Å². The summed E-state index contributed by atoms with van der Waals surface area (Å²) >= 11 is 0. The smallest absolute Gasteiger partial charge is 0.460 e. The summed E-state index contributed by atoms with van der Waals surface area (Å²) in [5, 5.41) is -5.76. The number of ether oxygens (including phenoxy) is 1. The van der Waals surface area contributed by atoms with E-state index in [-0.39, 0.29) is 29.2 Å². The van der Waals surface area contributed by atoms with Crippen LogP contribution in [0.1, 0.15) is 38.5 Å². The average Bonchev–Trinajstić information content (AvgIpc) is 3.54. The molecule has 0 bridgehead atoms. The maximum absolute atomic E-state index is 14.4. The first kappa shape index (κ1) is 30.1. The van der Waals surface area contributed by atoms with Crippen LogP contribution in [0.15, 0.2) is 41.3 Å². The highest BCUT2D eigenvalue weighted by molar-refractivity contribution is 8.33. The summed E-state index contributed by atoms with van der Waals surface area (Å²) in [6.07, 6.45) is -2.25. The van der Waals surface area contributed by atoms with Gasteiger partial charge in [0.05, 0.1) is 6.61 Å².